The van der Waals surface area contributed by atoms with E-state index >= 15 is 4.39 Å². The van der Waals surface area contributed by atoms with Crippen molar-refractivity contribution >= 4 is 29.2 Å². The van der Waals surface area contributed by atoms with Gasteiger partial charge in [0.2, 0.25) is 0 Å². The number of carbonyl (C=O) groups is 1. The molecule has 240 valence electrons. The zero-order chi connectivity index (χ0) is 32.4. The van der Waals surface area contributed by atoms with Gasteiger partial charge in [0.1, 0.15) is 12.4 Å². The Bertz CT molecular complexity index is 1510. The van der Waals surface area contributed by atoms with E-state index in [1.165, 1.54) is 19.3 Å². The molecule has 3 aromatic rings. The fraction of sp³-hybridized carbons (Fsp3) is 0.417. The molecule has 1 fully saturated rings. The Balaban J connectivity index is 1.73. The second kappa shape index (κ2) is 13.9. The number of ether oxygens (including phenoxy) is 3. The highest BCUT2D eigenvalue weighted by atomic mass is 35.5. The molecule has 0 amide bonds. The molecule has 0 aliphatic carbocycles. The van der Waals surface area contributed by atoms with Crippen LogP contribution < -0.4 is 0 Å². The van der Waals surface area contributed by atoms with E-state index in [4.69, 9.17) is 37.4 Å². The lowest BCUT2D eigenvalue weighted by Gasteiger charge is -2.44. The molecule has 2 aliphatic heterocycles. The third kappa shape index (κ3) is 6.19. The van der Waals surface area contributed by atoms with Crippen LogP contribution >= 0.6 is 23.2 Å². The van der Waals surface area contributed by atoms with E-state index in [1.54, 1.807) is 31.2 Å². The third-order valence-electron chi connectivity index (χ3n) is 9.46. The predicted molar refractivity (Wildman–Crippen MR) is 173 cm³/mol. The lowest BCUT2D eigenvalue weighted by Crippen LogP contribution is -2.48. The Labute approximate surface area is 274 Å². The van der Waals surface area contributed by atoms with E-state index in [0.29, 0.717) is 64.8 Å². The van der Waals surface area contributed by atoms with Gasteiger partial charge in [0.15, 0.2) is 5.72 Å². The van der Waals surface area contributed by atoms with E-state index in [-0.39, 0.29) is 19.1 Å². The predicted octanol–water partition coefficient (Wildman–Crippen LogP) is 7.93. The molecule has 2 heterocycles. The van der Waals surface area contributed by atoms with Crippen molar-refractivity contribution in [1.82, 2.24) is 4.90 Å². The van der Waals surface area contributed by atoms with Gasteiger partial charge < -0.3 is 19.3 Å². The van der Waals surface area contributed by atoms with Crippen LogP contribution in [0.5, 0.6) is 0 Å². The smallest absolute Gasteiger partial charge is 0.310 e. The van der Waals surface area contributed by atoms with Gasteiger partial charge >= 0.3 is 5.97 Å². The maximum absolute atomic E-state index is 16.9. The van der Waals surface area contributed by atoms with E-state index in [1.807, 2.05) is 42.2 Å². The Morgan fingerprint density at radius 1 is 1.16 bits per heavy atom. The van der Waals surface area contributed by atoms with Crippen LogP contribution in [0.1, 0.15) is 67.0 Å². The highest BCUT2D eigenvalue weighted by molar-refractivity contribution is 6.30. The van der Waals surface area contributed by atoms with Crippen LogP contribution in [0.25, 0.3) is 0 Å². The van der Waals surface area contributed by atoms with Crippen LogP contribution in [0.15, 0.2) is 73.3 Å². The topological polar surface area (TPSA) is 68.2 Å². The summed E-state index contributed by atoms with van der Waals surface area (Å²) in [5.41, 5.74) is 0.235. The Morgan fingerprint density at radius 3 is 2.36 bits per heavy atom. The maximum atomic E-state index is 16.9. The molecule has 45 heavy (non-hydrogen) atoms. The highest BCUT2D eigenvalue weighted by Crippen LogP contribution is 2.53. The molecule has 0 bridgehead atoms. The maximum Gasteiger partial charge on any atom is 0.310 e. The van der Waals surface area contributed by atoms with Gasteiger partial charge in [-0.1, -0.05) is 80.0 Å². The summed E-state index contributed by atoms with van der Waals surface area (Å²) in [5, 5.41) is 13.1. The molecule has 2 aliphatic rings. The van der Waals surface area contributed by atoms with Crippen LogP contribution in [0.2, 0.25) is 10.0 Å². The largest absolute Gasteiger partial charge is 0.461 e. The van der Waals surface area contributed by atoms with Crippen LogP contribution in [-0.2, 0) is 36.9 Å². The molecule has 0 aromatic heterocycles. The van der Waals surface area contributed by atoms with Crippen molar-refractivity contribution < 1.29 is 28.5 Å². The minimum Gasteiger partial charge on any atom is -0.461 e. The summed E-state index contributed by atoms with van der Waals surface area (Å²) in [4.78, 5) is 15.5. The number of carbonyl (C=O) groups excluding carboxylic acids is 1. The fourth-order valence-electron chi connectivity index (χ4n) is 7.18. The zero-order valence-electron chi connectivity index (χ0n) is 25.9. The van der Waals surface area contributed by atoms with Crippen molar-refractivity contribution in [3.8, 4) is 0 Å². The van der Waals surface area contributed by atoms with Gasteiger partial charge in [0.05, 0.1) is 17.6 Å². The van der Waals surface area contributed by atoms with Crippen molar-refractivity contribution in [2.75, 3.05) is 26.9 Å². The number of methoxy groups -OCH3 is 1. The van der Waals surface area contributed by atoms with E-state index < -0.39 is 35.1 Å². The monoisotopic (exact) mass is 655 g/mol. The first-order valence-electron chi connectivity index (χ1n) is 15.3. The van der Waals surface area contributed by atoms with Crippen LogP contribution in [0, 0.1) is 17.7 Å². The van der Waals surface area contributed by atoms with Gasteiger partial charge in [-0.05, 0) is 72.2 Å². The summed E-state index contributed by atoms with van der Waals surface area (Å²) >= 11 is 12.6. The minimum atomic E-state index is -1.46. The number of benzene rings is 3. The van der Waals surface area contributed by atoms with Gasteiger partial charge in [-0.3, -0.25) is 9.69 Å². The molecule has 0 radical (unpaired) electrons. The van der Waals surface area contributed by atoms with Gasteiger partial charge in [0.25, 0.3) is 0 Å². The minimum absolute atomic E-state index is 0.0587. The SMILES string of the molecule is C=CCOC(=O)[C@@H](C)[C@@H](c1ccc(Cl)cc1)N1Cc2cc([C@](O)(CC)C3CCOCC3)cc(F)c2[C@]1(OC)c1ccc(Cl)cc1. The molecule has 4 atom stereocenters. The third-order valence-corrected chi connectivity index (χ3v) is 9.96. The summed E-state index contributed by atoms with van der Waals surface area (Å²) in [7, 11) is 1.54. The van der Waals surface area contributed by atoms with Crippen molar-refractivity contribution in [2.24, 2.45) is 11.8 Å². The Hall–Kier alpha value is -2.78. The molecule has 3 aromatic carbocycles. The molecule has 6 nitrogen and oxygen atoms in total. The van der Waals surface area contributed by atoms with Crippen molar-refractivity contribution in [1.29, 1.82) is 0 Å². The summed E-state index contributed by atoms with van der Waals surface area (Å²) in [5.74, 6) is -1.72. The lowest BCUT2D eigenvalue weighted by atomic mass is 9.74. The molecule has 5 rings (SSSR count). The number of halogens is 3. The highest BCUT2D eigenvalue weighted by Gasteiger charge is 2.54. The van der Waals surface area contributed by atoms with Gasteiger partial charge in [-0.25, -0.2) is 4.39 Å². The molecule has 9 heteroatoms. The number of hydrogen-bond acceptors (Lipinski definition) is 6. The number of esters is 1. The van der Waals surface area contributed by atoms with E-state index in [2.05, 4.69) is 6.58 Å². The number of hydrogen-bond donors (Lipinski definition) is 1. The molecule has 0 unspecified atom stereocenters. The van der Waals surface area contributed by atoms with Gasteiger partial charge in [0, 0.05) is 48.0 Å². The molecule has 1 saturated heterocycles. The number of aliphatic hydroxyl groups is 1. The van der Waals surface area contributed by atoms with Crippen molar-refractivity contribution in [2.45, 2.75) is 57.0 Å². The standard InChI is InChI=1S/C36H40Cl2FNO5/c1-5-17-45-34(41)23(3)33(24-7-11-29(37)12-8-24)40-22-25-20-28(35(42,6-2)26-15-18-44-19-16-26)21-31(39)32(25)36(40,43-4)27-9-13-30(38)14-10-27/h5,7-14,20-21,23,26,33,42H,1,6,15-19,22H2,2-4H3/t23-,33-,35-,36+/m0/s1. The summed E-state index contributed by atoms with van der Waals surface area (Å²) in [6, 6.07) is 17.1. The molecule has 0 saturated carbocycles. The van der Waals surface area contributed by atoms with Gasteiger partial charge in [-0.2, -0.15) is 0 Å². The normalized spacial score (nSPS) is 21.5. The first-order valence-corrected chi connectivity index (χ1v) is 16.1. The first-order chi connectivity index (χ1) is 21.6. The summed E-state index contributed by atoms with van der Waals surface area (Å²) in [6.45, 7) is 8.77. The summed E-state index contributed by atoms with van der Waals surface area (Å²) in [6.07, 6.45) is 3.31. The van der Waals surface area contributed by atoms with Crippen molar-refractivity contribution in [3.63, 3.8) is 0 Å². The molecule has 1 N–H and O–H groups in total. The fourth-order valence-corrected chi connectivity index (χ4v) is 7.43. The lowest BCUT2D eigenvalue weighted by molar-refractivity contribution is -0.160. The van der Waals surface area contributed by atoms with Gasteiger partial charge in [-0.15, -0.1) is 0 Å². The molecular weight excluding hydrogens is 616 g/mol. The second-order valence-electron chi connectivity index (χ2n) is 11.8. The van der Waals surface area contributed by atoms with Crippen molar-refractivity contribution in [3.05, 3.63) is 117 Å². The second-order valence-corrected chi connectivity index (χ2v) is 12.7. The van der Waals surface area contributed by atoms with E-state index in [9.17, 15) is 9.90 Å². The summed E-state index contributed by atoms with van der Waals surface area (Å²) < 4.78 is 34.4. The number of fused-ring (bicyclic) bond motifs is 1. The number of nitrogens with zero attached hydrogens (tertiary/aromatic N) is 1. The Kier molecular flexibility index (Phi) is 10.4. The van der Waals surface area contributed by atoms with Crippen LogP contribution in [0.3, 0.4) is 0 Å². The average Bonchev–Trinajstić information content (AvgIpc) is 3.40. The average molecular weight is 657 g/mol. The molecule has 0 spiro atoms. The van der Waals surface area contributed by atoms with E-state index in [0.717, 1.165) is 5.56 Å². The number of rotatable bonds is 11. The van der Waals surface area contributed by atoms with Crippen LogP contribution in [-0.4, -0.2) is 42.9 Å². The molecular formula is C36H40Cl2FNO5. The quantitative estimate of drug-likeness (QED) is 0.167. The Morgan fingerprint density at radius 2 is 1.78 bits per heavy atom. The zero-order valence-corrected chi connectivity index (χ0v) is 27.4. The van der Waals surface area contributed by atoms with Crippen LogP contribution in [0.4, 0.5) is 4.39 Å². The first kappa shape index (κ1) is 33.6.